The van der Waals surface area contributed by atoms with Crippen molar-refractivity contribution >= 4 is 58.0 Å². The van der Waals surface area contributed by atoms with Crippen molar-refractivity contribution in [1.29, 1.82) is 0 Å². The first-order valence-electron chi connectivity index (χ1n) is 31.2. The number of carbonyl (C=O) groups excluding carboxylic acids is 5. The lowest BCUT2D eigenvalue weighted by Crippen LogP contribution is -2.38. The maximum Gasteiger partial charge on any atom is 0.308 e. The van der Waals surface area contributed by atoms with Gasteiger partial charge in [0.1, 0.15) is 29.8 Å². The highest BCUT2D eigenvalue weighted by molar-refractivity contribution is 7.49. The van der Waals surface area contributed by atoms with Crippen LogP contribution in [0.1, 0.15) is 222 Å². The van der Waals surface area contributed by atoms with Gasteiger partial charge in [-0.25, -0.2) is 0 Å². The van der Waals surface area contributed by atoms with Crippen molar-refractivity contribution in [3.63, 3.8) is 0 Å². The Morgan fingerprint density at radius 2 is 0.758 bits per heavy atom. The minimum absolute atomic E-state index is 0. The number of halogens is 1. The van der Waals surface area contributed by atoms with Gasteiger partial charge in [0, 0.05) is 102 Å². The van der Waals surface area contributed by atoms with Gasteiger partial charge >= 0.3 is 11.9 Å². The van der Waals surface area contributed by atoms with Crippen molar-refractivity contribution in [2.45, 2.75) is 206 Å². The van der Waals surface area contributed by atoms with Crippen molar-refractivity contribution in [3.05, 3.63) is 196 Å². The van der Waals surface area contributed by atoms with Crippen LogP contribution >= 0.6 is 20.7 Å². The molecule has 6 aromatic rings. The Bertz CT molecular complexity index is 2990. The van der Waals surface area contributed by atoms with Crippen molar-refractivity contribution in [3.8, 4) is 17.2 Å². The van der Waals surface area contributed by atoms with Crippen molar-refractivity contribution in [1.82, 2.24) is 14.7 Å². The van der Waals surface area contributed by atoms with E-state index in [1.54, 1.807) is 50.2 Å². The number of rotatable bonds is 27. The van der Waals surface area contributed by atoms with Crippen LogP contribution in [0.5, 0.6) is 17.2 Å². The topological polar surface area (TPSA) is 154 Å². The third kappa shape index (κ3) is 29.5. The van der Waals surface area contributed by atoms with E-state index >= 15 is 0 Å². The second-order valence-electron chi connectivity index (χ2n) is 24.1. The van der Waals surface area contributed by atoms with E-state index in [-0.39, 0.29) is 68.1 Å². The molecule has 2 radical (unpaired) electrons. The molecule has 12 nitrogen and oxygen atoms in total. The Hall–Kier alpha value is -6.31. The third-order valence-corrected chi connectivity index (χ3v) is 15.8. The zero-order valence-electron chi connectivity index (χ0n) is 55.9. The summed E-state index contributed by atoms with van der Waals surface area (Å²) < 4.78 is 11.0. The van der Waals surface area contributed by atoms with Gasteiger partial charge in [0.25, 0.3) is 0 Å². The summed E-state index contributed by atoms with van der Waals surface area (Å²) in [5.41, 5.74) is 8.12. The van der Waals surface area contributed by atoms with Crippen molar-refractivity contribution < 1.29 is 43.7 Å². The summed E-state index contributed by atoms with van der Waals surface area (Å²) in [4.78, 5) is 63.1. The van der Waals surface area contributed by atoms with Crippen LogP contribution in [0.25, 0.3) is 0 Å². The molecule has 0 amide bonds. The first-order valence-corrected chi connectivity index (χ1v) is 32.2. The monoisotopic (exact) mass is 1290 g/mol. The van der Waals surface area contributed by atoms with Gasteiger partial charge in [0.15, 0.2) is 0 Å². The van der Waals surface area contributed by atoms with E-state index in [1.807, 2.05) is 81.9 Å². The van der Waals surface area contributed by atoms with Gasteiger partial charge in [0.2, 0.25) is 5.24 Å². The molecule has 91 heavy (non-hydrogen) atoms. The number of hydrogen-bond donors (Lipinski definition) is 2. The number of aromatic hydroxyl groups is 1. The Morgan fingerprint density at radius 3 is 1.04 bits per heavy atom. The minimum Gasteiger partial charge on any atom is -0.508 e. The average Bonchev–Trinajstić information content (AvgIpc) is 1.04. The van der Waals surface area contributed by atoms with E-state index in [4.69, 9.17) is 21.1 Å². The molecule has 4 atom stereocenters. The molecule has 2 N–H and O–H groups in total. The molecule has 0 fully saturated rings. The predicted molar refractivity (Wildman–Crippen MR) is 385 cm³/mol. The molecule has 0 aliphatic heterocycles. The largest absolute Gasteiger partial charge is 0.508 e. The molecular formula is C76H110BClN3O9P. The van der Waals surface area contributed by atoms with E-state index in [2.05, 4.69) is 142 Å². The number of phenolic OH excluding ortho intramolecular Hbond substituents is 1. The third-order valence-electron chi connectivity index (χ3n) is 15.3. The van der Waals surface area contributed by atoms with Crippen molar-refractivity contribution in [2.75, 3.05) is 19.6 Å². The fourth-order valence-corrected chi connectivity index (χ4v) is 11.0. The van der Waals surface area contributed by atoms with Gasteiger partial charge in [-0.2, -0.15) is 9.12 Å². The number of esters is 2. The van der Waals surface area contributed by atoms with Gasteiger partial charge in [-0.3, -0.25) is 38.7 Å². The van der Waals surface area contributed by atoms with Crippen LogP contribution in [-0.4, -0.2) is 118 Å². The summed E-state index contributed by atoms with van der Waals surface area (Å²) in [6.45, 7) is 35.6. The minimum atomic E-state index is -0.363. The molecule has 0 bridgehead atoms. The lowest BCUT2D eigenvalue weighted by molar-refractivity contribution is -0.132. The second kappa shape index (κ2) is 45.1. The van der Waals surface area contributed by atoms with Crippen LogP contribution in [0.3, 0.4) is 0 Å². The lowest BCUT2D eigenvalue weighted by atomic mass is 9.86. The first-order chi connectivity index (χ1) is 42.2. The Balaban J connectivity index is 0.00000125. The lowest BCUT2D eigenvalue weighted by Gasteiger charge is -2.32. The van der Waals surface area contributed by atoms with Gasteiger partial charge in [-0.05, 0) is 204 Å². The molecule has 0 spiro atoms. The van der Waals surface area contributed by atoms with E-state index in [0.29, 0.717) is 58.9 Å². The molecule has 498 valence electrons. The highest BCUT2D eigenvalue weighted by Gasteiger charge is 2.26. The number of benzene rings is 6. The molecule has 0 saturated carbocycles. The summed E-state index contributed by atoms with van der Waals surface area (Å²) in [7, 11) is 6.33. The molecule has 0 saturated heterocycles. The number of aliphatic hydroxyl groups excluding tert-OH is 1. The van der Waals surface area contributed by atoms with Gasteiger partial charge < -0.3 is 19.7 Å². The Morgan fingerprint density at radius 1 is 0.473 bits per heavy atom. The quantitative estimate of drug-likeness (QED) is 0.0126. The molecule has 6 rings (SSSR count). The number of aliphatic hydroxyl groups is 1. The zero-order valence-corrected chi connectivity index (χ0v) is 57.8. The van der Waals surface area contributed by atoms with Gasteiger partial charge in [-0.15, -0.1) is 0 Å². The SMILES string of the molecule is C.C.CC(=O)Oc1ccc(C=O)cc1C(CCN(C(C)C)C(C)C)c1ccccc1.CC(=O)Oc1ccc(CO)cc1C(CCN(C(C)C)C(C)C)c1ccccc1.CC(C)C(=O)Cl.CC(C)N(CCC(c1ccccc1)c1cc(C=O)ccc1O)C(C)C.[B]P. The van der Waals surface area contributed by atoms with Gasteiger partial charge in [-0.1, -0.05) is 126 Å². The van der Waals surface area contributed by atoms with Crippen molar-refractivity contribution in [2.24, 2.45) is 5.92 Å². The number of nitrogens with zero attached hydrogens (tertiary/aromatic N) is 3. The molecular weight excluding hydrogens is 1180 g/mol. The molecule has 6 aromatic carbocycles. The summed E-state index contributed by atoms with van der Waals surface area (Å²) in [6, 6.07) is 49.3. The molecule has 0 aliphatic carbocycles. The fraction of sp³-hybridized carbons (Fsp3) is 0.461. The summed E-state index contributed by atoms with van der Waals surface area (Å²) >= 11 is 4.97. The average molecular weight is 1290 g/mol. The number of aldehydes is 2. The number of carbonyl (C=O) groups is 5. The normalized spacial score (nSPS) is 11.9. The summed E-state index contributed by atoms with van der Waals surface area (Å²) in [6.07, 6.45) is 4.30. The maximum absolute atomic E-state index is 11.6. The van der Waals surface area contributed by atoms with Gasteiger partial charge in [0.05, 0.1) is 14.2 Å². The summed E-state index contributed by atoms with van der Waals surface area (Å²) in [5.74, 6) is 0.769. The van der Waals surface area contributed by atoms with E-state index in [1.165, 1.54) is 19.4 Å². The first kappa shape index (κ1) is 84.7. The molecule has 0 aliphatic rings. The molecule has 0 heterocycles. The standard InChI is InChI=1S/C24H33NO3.C24H31NO3.C22H29NO2.C4H7ClO.2CH4.BH2P/c2*1-17(2)25(18(3)4)14-13-22(21-9-7-6-8-10-21)23-15-20(16-26)11-12-24(23)28-19(5)27;1-16(2)23(17(3)4)13-12-20(19-8-6-5-7-9-19)21-14-18(15-24)10-11-22(21)25;1-3(2)4(5)6;;;1-2/h6-12,15,17-18,22,26H,13-14,16H2,1-5H3;6-12,15-18,22H,13-14H2,1-5H3;5-11,14-17,20,25H,12-13H2,1-4H3;3H,1-2H3;2*1H4;2H2. The zero-order chi connectivity index (χ0) is 66.9. The highest BCUT2D eigenvalue weighted by atomic mass is 35.5. The molecule has 0 aromatic heterocycles. The maximum atomic E-state index is 11.6. The smallest absolute Gasteiger partial charge is 0.308 e. The van der Waals surface area contributed by atoms with E-state index in [9.17, 15) is 34.2 Å². The van der Waals surface area contributed by atoms with Crippen LogP contribution < -0.4 is 9.47 Å². The Labute approximate surface area is 557 Å². The second-order valence-corrected chi connectivity index (χ2v) is 24.4. The Kier molecular flexibility index (Phi) is 41.9. The van der Waals surface area contributed by atoms with Crippen LogP contribution in [-0.2, 0) is 21.0 Å². The van der Waals surface area contributed by atoms with Crippen LogP contribution in [0.15, 0.2) is 146 Å². The molecule has 4 unspecified atom stereocenters. The predicted octanol–water partition coefficient (Wildman–Crippen LogP) is 17.3. The summed E-state index contributed by atoms with van der Waals surface area (Å²) in [5, 5.41) is 19.8. The van der Waals surface area contributed by atoms with E-state index in [0.717, 1.165) is 84.8 Å². The number of ether oxygens (including phenoxy) is 2. The van der Waals surface area contributed by atoms with E-state index < -0.39 is 0 Å². The molecule has 15 heteroatoms. The highest BCUT2D eigenvalue weighted by Crippen LogP contribution is 2.39. The van der Waals surface area contributed by atoms with Crippen LogP contribution in [0.4, 0.5) is 0 Å². The fourth-order valence-electron chi connectivity index (χ4n) is 11.0. The van der Waals surface area contributed by atoms with Crippen LogP contribution in [0.2, 0.25) is 0 Å². The van der Waals surface area contributed by atoms with Crippen LogP contribution in [0, 0.1) is 5.92 Å². The number of phenols is 1. The number of hydrogen-bond acceptors (Lipinski definition) is 12.